The van der Waals surface area contributed by atoms with Gasteiger partial charge in [-0.2, -0.15) is 0 Å². The van der Waals surface area contributed by atoms with E-state index in [2.05, 4.69) is 0 Å². The normalized spacial score (nSPS) is 12.0. The van der Waals surface area contributed by atoms with Gasteiger partial charge in [-0.15, -0.1) is 0 Å². The Balaban J connectivity index is 0.000000400. The summed E-state index contributed by atoms with van der Waals surface area (Å²) in [6.07, 6.45) is 0.451. The van der Waals surface area contributed by atoms with Crippen LogP contribution in [-0.2, 0) is 21.2 Å². The van der Waals surface area contributed by atoms with Gasteiger partial charge in [-0.25, -0.2) is 21.9 Å². The van der Waals surface area contributed by atoms with Crippen molar-refractivity contribution < 1.29 is 27.1 Å². The highest BCUT2D eigenvalue weighted by Crippen LogP contribution is 2.10. The molecule has 2 aromatic carbocycles. The molecule has 0 saturated heterocycles. The van der Waals surface area contributed by atoms with Crippen LogP contribution in [0.5, 0.6) is 0 Å². The molecule has 1 atom stereocenters. The smallest absolute Gasteiger partial charge is 0.322 e. The van der Waals surface area contributed by atoms with Crippen molar-refractivity contribution in [3.8, 4) is 0 Å². The molecule has 2 aromatic rings. The van der Waals surface area contributed by atoms with E-state index in [0.717, 1.165) is 18.4 Å². The summed E-state index contributed by atoms with van der Waals surface area (Å²) >= 11 is 0. The topological polar surface area (TPSA) is 83.5 Å². The lowest BCUT2D eigenvalue weighted by Gasteiger charge is -2.13. The van der Waals surface area contributed by atoms with Crippen molar-refractivity contribution in [3.63, 3.8) is 0 Å². The number of halogens is 2. The third-order valence-corrected chi connectivity index (χ3v) is 3.40. The lowest BCUT2D eigenvalue weighted by molar-refractivity contribution is -0.138. The fourth-order valence-corrected chi connectivity index (χ4v) is 2.49. The molecule has 130 valence electrons. The first kappa shape index (κ1) is 19.7. The zero-order valence-corrected chi connectivity index (χ0v) is 13.6. The molecule has 8 heteroatoms. The number of benzene rings is 2. The van der Waals surface area contributed by atoms with Crippen LogP contribution in [-0.4, -0.2) is 31.8 Å². The van der Waals surface area contributed by atoms with Gasteiger partial charge < -0.3 is 5.11 Å². The number of carboxylic acids is 1. The highest BCUT2D eigenvalue weighted by atomic mass is 32.2. The molecule has 0 spiro atoms. The standard InChI is InChI=1S/C10H11F2NO4S.C6H6/c1-18(16,17)13-9(10(14)15)4-6-2-7(11)5-8(12)3-6;1-2-4-6-5-3-1/h2-3,5,9,13H,4H2,1H3,(H,14,15);1-6H. The Morgan fingerprint density at radius 3 is 1.79 bits per heavy atom. The largest absolute Gasteiger partial charge is 0.480 e. The number of carboxylic acid groups (broad SMARTS) is 1. The summed E-state index contributed by atoms with van der Waals surface area (Å²) in [5.74, 6) is -3.13. The fourth-order valence-electron chi connectivity index (χ4n) is 1.79. The Kier molecular flexibility index (Phi) is 7.47. The molecule has 0 aliphatic carbocycles. The maximum Gasteiger partial charge on any atom is 0.322 e. The number of nitrogens with one attached hydrogen (secondary N) is 1. The molecule has 0 heterocycles. The van der Waals surface area contributed by atoms with E-state index in [-0.39, 0.29) is 12.0 Å². The van der Waals surface area contributed by atoms with E-state index in [4.69, 9.17) is 5.11 Å². The SMILES string of the molecule is CS(=O)(=O)NC(Cc1cc(F)cc(F)c1)C(=O)O.c1ccccc1. The van der Waals surface area contributed by atoms with E-state index in [9.17, 15) is 22.0 Å². The third-order valence-electron chi connectivity index (χ3n) is 2.68. The van der Waals surface area contributed by atoms with E-state index < -0.39 is 33.7 Å². The summed E-state index contributed by atoms with van der Waals surface area (Å²) in [6, 6.07) is 13.1. The molecule has 0 aromatic heterocycles. The highest BCUT2D eigenvalue weighted by Gasteiger charge is 2.22. The Bertz CT molecular complexity index is 720. The highest BCUT2D eigenvalue weighted by molar-refractivity contribution is 7.88. The van der Waals surface area contributed by atoms with Gasteiger partial charge in [0.2, 0.25) is 10.0 Å². The molecule has 0 fully saturated rings. The monoisotopic (exact) mass is 357 g/mol. The van der Waals surface area contributed by atoms with E-state index in [1.165, 1.54) is 0 Å². The van der Waals surface area contributed by atoms with Gasteiger partial charge in [0.05, 0.1) is 6.26 Å². The number of aliphatic carboxylic acids is 1. The van der Waals surface area contributed by atoms with Crippen LogP contribution in [0.15, 0.2) is 54.6 Å². The van der Waals surface area contributed by atoms with Gasteiger partial charge in [-0.05, 0) is 24.1 Å². The van der Waals surface area contributed by atoms with Crippen molar-refractivity contribution in [3.05, 3.63) is 71.8 Å². The average Bonchev–Trinajstić information content (AvgIpc) is 2.46. The average molecular weight is 357 g/mol. The van der Waals surface area contributed by atoms with Gasteiger partial charge >= 0.3 is 5.97 Å². The molecule has 1 unspecified atom stereocenters. The number of hydrogen-bond donors (Lipinski definition) is 2. The van der Waals surface area contributed by atoms with Crippen molar-refractivity contribution in [1.82, 2.24) is 4.72 Å². The first-order valence-electron chi connectivity index (χ1n) is 6.82. The molecular formula is C16H17F2NO4S. The van der Waals surface area contributed by atoms with Gasteiger partial charge in [0, 0.05) is 6.07 Å². The van der Waals surface area contributed by atoms with E-state index in [1.54, 1.807) is 0 Å². The maximum atomic E-state index is 12.9. The zero-order valence-electron chi connectivity index (χ0n) is 12.8. The predicted molar refractivity (Wildman–Crippen MR) is 85.9 cm³/mol. The van der Waals surface area contributed by atoms with Crippen LogP contribution in [0.4, 0.5) is 8.78 Å². The number of rotatable bonds is 5. The van der Waals surface area contributed by atoms with Crippen molar-refractivity contribution in [2.45, 2.75) is 12.5 Å². The Labute approximate surface area is 139 Å². The van der Waals surface area contributed by atoms with Crippen LogP contribution in [0.2, 0.25) is 0 Å². The quantitative estimate of drug-likeness (QED) is 0.859. The van der Waals surface area contributed by atoms with Gasteiger partial charge in [0.1, 0.15) is 17.7 Å². The van der Waals surface area contributed by atoms with Crippen molar-refractivity contribution in [2.75, 3.05) is 6.26 Å². The first-order valence-corrected chi connectivity index (χ1v) is 8.71. The molecule has 2 N–H and O–H groups in total. The van der Waals surface area contributed by atoms with Crippen molar-refractivity contribution in [2.24, 2.45) is 0 Å². The van der Waals surface area contributed by atoms with Gasteiger partial charge in [-0.1, -0.05) is 36.4 Å². The molecular weight excluding hydrogens is 340 g/mol. The molecule has 0 saturated carbocycles. The minimum atomic E-state index is -3.73. The lowest BCUT2D eigenvalue weighted by atomic mass is 10.1. The summed E-state index contributed by atoms with van der Waals surface area (Å²) < 4.78 is 49.5. The number of hydrogen-bond acceptors (Lipinski definition) is 3. The van der Waals surface area contributed by atoms with Gasteiger partial charge in [0.15, 0.2) is 0 Å². The lowest BCUT2D eigenvalue weighted by Crippen LogP contribution is -2.41. The van der Waals surface area contributed by atoms with Crippen LogP contribution in [0.3, 0.4) is 0 Å². The molecule has 2 rings (SSSR count). The van der Waals surface area contributed by atoms with E-state index in [1.807, 2.05) is 41.1 Å². The second-order valence-electron chi connectivity index (χ2n) is 4.92. The predicted octanol–water partition coefficient (Wildman–Crippen LogP) is 2.20. The summed E-state index contributed by atoms with van der Waals surface area (Å²) in [7, 11) is -3.73. The summed E-state index contributed by atoms with van der Waals surface area (Å²) in [5, 5.41) is 8.82. The number of carbonyl (C=O) groups is 1. The Hall–Kier alpha value is -2.32. The van der Waals surface area contributed by atoms with Crippen LogP contribution in [0.1, 0.15) is 5.56 Å². The molecule has 0 amide bonds. The minimum absolute atomic E-state index is 0.0519. The van der Waals surface area contributed by atoms with Crippen molar-refractivity contribution in [1.29, 1.82) is 0 Å². The molecule has 0 aliphatic heterocycles. The molecule has 5 nitrogen and oxygen atoms in total. The van der Waals surface area contributed by atoms with Gasteiger partial charge in [0.25, 0.3) is 0 Å². The molecule has 0 bridgehead atoms. The summed E-state index contributed by atoms with van der Waals surface area (Å²) in [5.41, 5.74) is 0.0519. The Morgan fingerprint density at radius 2 is 1.46 bits per heavy atom. The van der Waals surface area contributed by atoms with Crippen LogP contribution < -0.4 is 4.72 Å². The minimum Gasteiger partial charge on any atom is -0.480 e. The molecule has 0 radical (unpaired) electrons. The first-order chi connectivity index (χ1) is 11.2. The zero-order chi connectivity index (χ0) is 18.2. The van der Waals surface area contributed by atoms with E-state index in [0.29, 0.717) is 6.07 Å². The molecule has 24 heavy (non-hydrogen) atoms. The van der Waals surface area contributed by atoms with Crippen LogP contribution in [0.25, 0.3) is 0 Å². The Morgan fingerprint density at radius 1 is 1.04 bits per heavy atom. The van der Waals surface area contributed by atoms with Crippen molar-refractivity contribution >= 4 is 16.0 Å². The summed E-state index contributed by atoms with van der Waals surface area (Å²) in [6.45, 7) is 0. The van der Waals surface area contributed by atoms with Crippen LogP contribution in [0, 0.1) is 11.6 Å². The summed E-state index contributed by atoms with van der Waals surface area (Å²) in [4.78, 5) is 10.8. The maximum absolute atomic E-state index is 12.9. The van der Waals surface area contributed by atoms with Gasteiger partial charge in [-0.3, -0.25) is 4.79 Å². The fraction of sp³-hybridized carbons (Fsp3) is 0.188. The number of sulfonamides is 1. The van der Waals surface area contributed by atoms with E-state index >= 15 is 0 Å². The second-order valence-corrected chi connectivity index (χ2v) is 6.70. The van der Waals surface area contributed by atoms with Crippen LogP contribution >= 0.6 is 0 Å². The third kappa shape index (κ3) is 8.35. The second kappa shape index (κ2) is 9.09. The molecule has 0 aliphatic rings.